The van der Waals surface area contributed by atoms with Gasteiger partial charge in [-0.05, 0) is 0 Å². The fourth-order valence-electron chi connectivity index (χ4n) is 3.18. The van der Waals surface area contributed by atoms with Crippen molar-refractivity contribution < 1.29 is 13.6 Å². The zero-order valence-electron chi connectivity index (χ0n) is 16.8. The fraction of sp³-hybridized carbons (Fsp3) is 0.895. The van der Waals surface area contributed by atoms with E-state index in [-0.39, 0.29) is 0 Å². The van der Waals surface area contributed by atoms with Crippen LogP contribution in [0, 0.1) is 0 Å². The molecule has 3 nitrogen and oxygen atoms in total. The van der Waals surface area contributed by atoms with Crippen molar-refractivity contribution in [3.63, 3.8) is 0 Å². The van der Waals surface area contributed by atoms with Crippen LogP contribution in [0.25, 0.3) is 0 Å². The van der Waals surface area contributed by atoms with Gasteiger partial charge < -0.3 is 0 Å². The van der Waals surface area contributed by atoms with Crippen LogP contribution < -0.4 is 0 Å². The first-order valence-corrected chi connectivity index (χ1v) is 19.5. The average molecular weight is 467 g/mol. The van der Waals surface area contributed by atoms with Gasteiger partial charge in [0, 0.05) is 0 Å². The Bertz CT molecular complexity index is 340. The Morgan fingerprint density at radius 1 is 0.792 bits per heavy atom. The third kappa shape index (κ3) is 10.6. The van der Waals surface area contributed by atoms with E-state index >= 15 is 0 Å². The van der Waals surface area contributed by atoms with Gasteiger partial charge in [-0.2, -0.15) is 0 Å². The minimum atomic E-state index is -2.94. The van der Waals surface area contributed by atoms with Gasteiger partial charge in [0.15, 0.2) is 0 Å². The van der Waals surface area contributed by atoms with E-state index in [4.69, 9.17) is 9.05 Å². The first kappa shape index (κ1) is 24.7. The Morgan fingerprint density at radius 3 is 1.54 bits per heavy atom. The summed E-state index contributed by atoms with van der Waals surface area (Å²) in [6.45, 7) is 11.5. The molecule has 0 saturated heterocycles. The van der Waals surface area contributed by atoms with Crippen LogP contribution >= 0.6 is 7.60 Å². The first-order valence-electron chi connectivity index (χ1n) is 10.1. The molecule has 144 valence electrons. The van der Waals surface area contributed by atoms with Crippen molar-refractivity contribution in [1.82, 2.24) is 0 Å². The number of unbranched alkanes of at least 4 members (excludes halogenated alkanes) is 3. The molecule has 0 aliphatic heterocycles. The third-order valence-electron chi connectivity index (χ3n) is 4.54. The van der Waals surface area contributed by atoms with Gasteiger partial charge in [0.1, 0.15) is 0 Å². The van der Waals surface area contributed by atoms with Gasteiger partial charge in [0.2, 0.25) is 0 Å². The van der Waals surface area contributed by atoms with Crippen LogP contribution in [-0.4, -0.2) is 37.8 Å². The van der Waals surface area contributed by atoms with Gasteiger partial charge in [-0.1, -0.05) is 0 Å². The fourth-order valence-corrected chi connectivity index (χ4v) is 19.6. The Balaban J connectivity index is 5.11. The Labute approximate surface area is 155 Å². The molecule has 0 bridgehead atoms. The molecule has 0 aromatic carbocycles. The summed E-state index contributed by atoms with van der Waals surface area (Å²) in [5, 5.41) is 0. The molecule has 0 unspecified atom stereocenters. The van der Waals surface area contributed by atoms with Crippen LogP contribution in [0.1, 0.15) is 73.1 Å². The van der Waals surface area contributed by atoms with E-state index in [2.05, 4.69) is 30.9 Å². The van der Waals surface area contributed by atoms with E-state index in [1.807, 2.05) is 13.8 Å². The Hall–Kier alpha value is 0.689. The zero-order chi connectivity index (χ0) is 18.3. The van der Waals surface area contributed by atoms with E-state index in [0.717, 1.165) is 0 Å². The van der Waals surface area contributed by atoms with Gasteiger partial charge >= 0.3 is 156 Å². The number of hydrogen-bond donors (Lipinski definition) is 0. The quantitative estimate of drug-likeness (QED) is 0.178. The third-order valence-corrected chi connectivity index (χ3v) is 20.7. The van der Waals surface area contributed by atoms with Crippen LogP contribution in [0.2, 0.25) is 13.3 Å². The van der Waals surface area contributed by atoms with E-state index in [0.29, 0.717) is 19.4 Å². The molecule has 0 radical (unpaired) electrons. The molecule has 0 aromatic rings. The van der Waals surface area contributed by atoms with E-state index in [9.17, 15) is 4.57 Å². The van der Waals surface area contributed by atoms with Crippen molar-refractivity contribution in [1.29, 1.82) is 0 Å². The van der Waals surface area contributed by atoms with Crippen molar-refractivity contribution in [2.24, 2.45) is 0 Å². The second-order valence-electron chi connectivity index (χ2n) is 6.70. The van der Waals surface area contributed by atoms with Crippen molar-refractivity contribution in [3.05, 3.63) is 10.2 Å². The van der Waals surface area contributed by atoms with Gasteiger partial charge in [0.05, 0.1) is 0 Å². The van der Waals surface area contributed by atoms with Crippen LogP contribution in [0.5, 0.6) is 0 Å². The summed E-state index contributed by atoms with van der Waals surface area (Å²) in [7, 11) is -2.94. The van der Waals surface area contributed by atoms with Crippen molar-refractivity contribution in [3.8, 4) is 0 Å². The van der Waals surface area contributed by atoms with Crippen molar-refractivity contribution >= 4 is 26.0 Å². The summed E-state index contributed by atoms with van der Waals surface area (Å²) >= 11 is -2.27. The van der Waals surface area contributed by atoms with Crippen molar-refractivity contribution in [2.75, 3.05) is 19.4 Å². The maximum atomic E-state index is 12.7. The topological polar surface area (TPSA) is 35.5 Å². The molecule has 0 aliphatic carbocycles. The molecule has 5 heteroatoms. The maximum absolute atomic E-state index is 12.7. The van der Waals surface area contributed by atoms with Crippen LogP contribution in [0.3, 0.4) is 0 Å². The summed E-state index contributed by atoms with van der Waals surface area (Å²) in [5.41, 5.74) is 0. The summed E-state index contributed by atoms with van der Waals surface area (Å²) in [4.78, 5) is 0. The van der Waals surface area contributed by atoms with E-state index in [1.54, 1.807) is 0 Å². The molecule has 0 heterocycles. The summed E-state index contributed by atoms with van der Waals surface area (Å²) in [6.07, 6.45) is 10.5. The monoisotopic (exact) mass is 468 g/mol. The molecule has 0 spiro atoms. The number of rotatable bonds is 16. The van der Waals surface area contributed by atoms with E-state index in [1.165, 1.54) is 51.8 Å². The predicted molar refractivity (Wildman–Crippen MR) is 110 cm³/mol. The van der Waals surface area contributed by atoms with Crippen LogP contribution in [0.4, 0.5) is 0 Å². The Morgan fingerprint density at radius 2 is 1.21 bits per heavy atom. The predicted octanol–water partition coefficient (Wildman–Crippen LogP) is 7.20. The van der Waals surface area contributed by atoms with E-state index < -0.39 is 26.0 Å². The van der Waals surface area contributed by atoms with Crippen LogP contribution in [0.15, 0.2) is 10.2 Å². The molecule has 0 N–H and O–H groups in total. The molecule has 0 aromatic heterocycles. The molecule has 24 heavy (non-hydrogen) atoms. The number of allylic oxidation sites excluding steroid dienone is 1. The molecule has 0 aliphatic rings. The SMILES string of the molecule is CCC[CH2][Sn](/[CH]=C/CP(=O)(OCC)OCC)([CH2]CCC)[CH2]CCC. The van der Waals surface area contributed by atoms with Crippen molar-refractivity contribution in [2.45, 2.75) is 86.5 Å². The zero-order valence-corrected chi connectivity index (χ0v) is 20.6. The van der Waals surface area contributed by atoms with Crippen LogP contribution in [-0.2, 0) is 13.6 Å². The second-order valence-corrected chi connectivity index (χ2v) is 21.8. The molecular weight excluding hydrogens is 426 g/mol. The minimum absolute atomic E-state index is 0.442. The molecule has 0 saturated carbocycles. The summed E-state index contributed by atoms with van der Waals surface area (Å²) in [5.74, 6) is 0. The molecule has 0 rings (SSSR count). The van der Waals surface area contributed by atoms with Gasteiger partial charge in [0.25, 0.3) is 0 Å². The molecule has 0 amide bonds. The normalized spacial score (nSPS) is 13.0. The standard InChI is InChI=1S/C7H14O3P.3C4H9.Sn/c1-4-7-11(8,9-5-2)10-6-3;3*1-3-4-2;/h1,4H,5-7H2,2-3H3;3*1,3-4H2,2H3;. The first-order chi connectivity index (χ1) is 11.5. The molecule has 0 fully saturated rings. The summed E-state index contributed by atoms with van der Waals surface area (Å²) < 4.78 is 30.4. The number of hydrogen-bond acceptors (Lipinski definition) is 3. The second kappa shape index (κ2) is 14.8. The van der Waals surface area contributed by atoms with Gasteiger partial charge in [-0.15, -0.1) is 0 Å². The average Bonchev–Trinajstić information content (AvgIpc) is 2.56. The molecule has 0 atom stereocenters. The van der Waals surface area contributed by atoms with Gasteiger partial charge in [-0.25, -0.2) is 0 Å². The molecular formula is C19H41O3PSn. The van der Waals surface area contributed by atoms with Gasteiger partial charge in [-0.3, -0.25) is 0 Å². The Kier molecular flexibility index (Phi) is 15.2. The summed E-state index contributed by atoms with van der Waals surface area (Å²) in [6, 6.07) is 0.